The number of phenols is 1. The minimum atomic E-state index is -0.837. The lowest BCUT2D eigenvalue weighted by molar-refractivity contribution is -0.160. The monoisotopic (exact) mass is 529 g/mol. The van der Waals surface area contributed by atoms with Gasteiger partial charge in [-0.05, 0) is 35.7 Å². The first-order chi connectivity index (χ1) is 18.7. The second-order valence-corrected chi connectivity index (χ2v) is 9.93. The van der Waals surface area contributed by atoms with E-state index in [0.29, 0.717) is 13.1 Å². The number of nitrogens with zero attached hydrogens (tertiary/aromatic N) is 4. The summed E-state index contributed by atoms with van der Waals surface area (Å²) in [5.41, 5.74) is 3.86. The van der Waals surface area contributed by atoms with Gasteiger partial charge in [0.05, 0.1) is 6.54 Å². The van der Waals surface area contributed by atoms with Crippen LogP contribution in [0.5, 0.6) is 5.75 Å². The molecule has 4 amide bonds. The van der Waals surface area contributed by atoms with E-state index in [2.05, 4.69) is 5.32 Å². The summed E-state index contributed by atoms with van der Waals surface area (Å²) >= 11 is 0. The predicted octanol–water partition coefficient (Wildman–Crippen LogP) is 3.13. The Morgan fingerprint density at radius 2 is 1.59 bits per heavy atom. The number of likely N-dealkylation sites (N-methyl/N-ethyl adjacent to an activating group) is 2. The number of hydrazine groups is 1. The van der Waals surface area contributed by atoms with Gasteiger partial charge in [0.15, 0.2) is 0 Å². The zero-order chi connectivity index (χ0) is 27.9. The summed E-state index contributed by atoms with van der Waals surface area (Å²) in [6, 6.07) is 22.9. The van der Waals surface area contributed by atoms with Crippen LogP contribution in [0.25, 0.3) is 0 Å². The summed E-state index contributed by atoms with van der Waals surface area (Å²) in [5, 5.41) is 15.6. The van der Waals surface area contributed by atoms with Crippen molar-refractivity contribution in [2.75, 3.05) is 27.3 Å². The number of benzene rings is 3. The highest BCUT2D eigenvalue weighted by atomic mass is 16.3. The van der Waals surface area contributed by atoms with Crippen molar-refractivity contribution in [1.82, 2.24) is 25.1 Å². The van der Waals surface area contributed by atoms with Crippen molar-refractivity contribution in [3.63, 3.8) is 0 Å². The molecule has 4 rings (SSSR count). The Kier molecular flexibility index (Phi) is 8.83. The lowest BCUT2D eigenvalue weighted by atomic mass is 10.0. The van der Waals surface area contributed by atoms with Gasteiger partial charge in [0.2, 0.25) is 11.8 Å². The second-order valence-electron chi connectivity index (χ2n) is 9.93. The van der Waals surface area contributed by atoms with E-state index in [-0.39, 0.29) is 43.2 Å². The van der Waals surface area contributed by atoms with E-state index >= 15 is 0 Å². The van der Waals surface area contributed by atoms with E-state index in [0.717, 1.165) is 22.3 Å². The first-order valence-corrected chi connectivity index (χ1v) is 12.9. The van der Waals surface area contributed by atoms with Gasteiger partial charge in [0.25, 0.3) is 0 Å². The third kappa shape index (κ3) is 7.14. The standard InChI is InChI=1S/C30H35N5O4/c1-22-9-11-25(12-10-22)19-32(2)29(38)27(17-23-13-15-26(36)16-14-23)34-21-35(33(3)20-28(34)37)30(39)31-18-24-7-5-4-6-8-24/h4-16,27,36H,17-21H2,1-3H3,(H,31,39)/t27-/m0/s1. The molecule has 1 aliphatic heterocycles. The summed E-state index contributed by atoms with van der Waals surface area (Å²) in [4.78, 5) is 43.3. The molecule has 0 bridgehead atoms. The van der Waals surface area contributed by atoms with Gasteiger partial charge in [-0.25, -0.2) is 14.8 Å². The number of rotatable bonds is 8. The van der Waals surface area contributed by atoms with Gasteiger partial charge in [-0.2, -0.15) is 0 Å². The van der Waals surface area contributed by atoms with E-state index in [1.54, 1.807) is 48.3 Å². The Bertz CT molecular complexity index is 1280. The van der Waals surface area contributed by atoms with E-state index in [9.17, 15) is 19.5 Å². The molecule has 1 saturated heterocycles. The van der Waals surface area contributed by atoms with Crippen molar-refractivity contribution in [2.24, 2.45) is 0 Å². The predicted molar refractivity (Wildman–Crippen MR) is 148 cm³/mol. The fourth-order valence-electron chi connectivity index (χ4n) is 4.55. The van der Waals surface area contributed by atoms with Crippen LogP contribution in [0.1, 0.15) is 22.3 Å². The molecule has 3 aromatic carbocycles. The fourth-order valence-corrected chi connectivity index (χ4v) is 4.55. The molecule has 0 saturated carbocycles. The summed E-state index contributed by atoms with van der Waals surface area (Å²) in [7, 11) is 3.40. The average Bonchev–Trinajstić information content (AvgIpc) is 2.93. The van der Waals surface area contributed by atoms with E-state index < -0.39 is 6.04 Å². The summed E-state index contributed by atoms with van der Waals surface area (Å²) in [6.07, 6.45) is 0.242. The van der Waals surface area contributed by atoms with Crippen LogP contribution in [0.4, 0.5) is 4.79 Å². The number of aromatic hydroxyl groups is 1. The number of phenolic OH excluding ortho intramolecular Hbond substituents is 1. The zero-order valence-electron chi connectivity index (χ0n) is 22.6. The Morgan fingerprint density at radius 1 is 0.949 bits per heavy atom. The number of carbonyl (C=O) groups is 3. The van der Waals surface area contributed by atoms with Crippen LogP contribution >= 0.6 is 0 Å². The molecule has 2 N–H and O–H groups in total. The molecule has 0 spiro atoms. The SMILES string of the molecule is Cc1ccc(CN(C)C(=O)[C@H](Cc2ccc(O)cc2)N2CN(C(=O)NCc3ccccc3)N(C)CC2=O)cc1. The molecule has 3 aromatic rings. The topological polar surface area (TPSA) is 96.4 Å². The first kappa shape index (κ1) is 27.7. The summed E-state index contributed by atoms with van der Waals surface area (Å²) < 4.78 is 0. The normalized spacial score (nSPS) is 14.7. The highest BCUT2D eigenvalue weighted by Crippen LogP contribution is 2.20. The molecule has 1 aliphatic rings. The molecule has 0 radical (unpaired) electrons. The lowest BCUT2D eigenvalue weighted by Crippen LogP contribution is -2.65. The molecule has 1 atom stereocenters. The number of hydrogen-bond donors (Lipinski definition) is 2. The van der Waals surface area contributed by atoms with Gasteiger partial charge in [0.1, 0.15) is 18.5 Å². The highest BCUT2D eigenvalue weighted by molar-refractivity contribution is 5.89. The van der Waals surface area contributed by atoms with Gasteiger partial charge in [0, 0.05) is 33.6 Å². The Hall–Kier alpha value is -4.37. The zero-order valence-corrected chi connectivity index (χ0v) is 22.6. The molecule has 0 aromatic heterocycles. The van der Waals surface area contributed by atoms with Crippen molar-refractivity contribution >= 4 is 17.8 Å². The number of aryl methyl sites for hydroxylation is 1. The number of amides is 4. The van der Waals surface area contributed by atoms with Gasteiger partial charge < -0.3 is 20.2 Å². The van der Waals surface area contributed by atoms with Crippen LogP contribution < -0.4 is 5.32 Å². The smallest absolute Gasteiger partial charge is 0.333 e. The molecule has 1 heterocycles. The van der Waals surface area contributed by atoms with Crippen molar-refractivity contribution in [3.05, 3.63) is 101 Å². The fraction of sp³-hybridized carbons (Fsp3) is 0.300. The minimum absolute atomic E-state index is 0.0419. The number of urea groups is 1. The largest absolute Gasteiger partial charge is 0.508 e. The number of carbonyl (C=O) groups excluding carboxylic acids is 3. The van der Waals surface area contributed by atoms with Gasteiger partial charge in [-0.3, -0.25) is 9.59 Å². The third-order valence-electron chi connectivity index (χ3n) is 6.85. The van der Waals surface area contributed by atoms with Crippen LogP contribution in [-0.2, 0) is 29.1 Å². The highest BCUT2D eigenvalue weighted by Gasteiger charge is 2.39. The van der Waals surface area contributed by atoms with E-state index in [4.69, 9.17) is 0 Å². The van der Waals surface area contributed by atoms with E-state index in [1.807, 2.05) is 61.5 Å². The molecule has 0 unspecified atom stereocenters. The maximum absolute atomic E-state index is 13.8. The average molecular weight is 530 g/mol. The first-order valence-electron chi connectivity index (χ1n) is 12.9. The van der Waals surface area contributed by atoms with Crippen molar-refractivity contribution in [1.29, 1.82) is 0 Å². The van der Waals surface area contributed by atoms with Crippen molar-refractivity contribution in [2.45, 2.75) is 32.5 Å². The summed E-state index contributed by atoms with van der Waals surface area (Å²) in [6.45, 7) is 2.62. The van der Waals surface area contributed by atoms with Crippen LogP contribution in [0.15, 0.2) is 78.9 Å². The lowest BCUT2D eigenvalue weighted by Gasteiger charge is -2.44. The Balaban J connectivity index is 1.54. The van der Waals surface area contributed by atoms with E-state index in [1.165, 1.54) is 9.91 Å². The van der Waals surface area contributed by atoms with Crippen LogP contribution in [0.3, 0.4) is 0 Å². The van der Waals surface area contributed by atoms with Crippen molar-refractivity contribution < 1.29 is 19.5 Å². The summed E-state index contributed by atoms with van der Waals surface area (Å²) in [5.74, 6) is -0.355. The molecular formula is C30H35N5O4. The van der Waals surface area contributed by atoms with Crippen LogP contribution in [-0.4, -0.2) is 76.1 Å². The van der Waals surface area contributed by atoms with Crippen LogP contribution in [0, 0.1) is 6.92 Å². The Morgan fingerprint density at radius 3 is 2.26 bits per heavy atom. The molecular weight excluding hydrogens is 494 g/mol. The molecule has 0 aliphatic carbocycles. The van der Waals surface area contributed by atoms with Crippen molar-refractivity contribution in [3.8, 4) is 5.75 Å². The Labute approximate surface area is 229 Å². The molecule has 1 fully saturated rings. The molecule has 39 heavy (non-hydrogen) atoms. The van der Waals surface area contributed by atoms with Gasteiger partial charge in [-0.1, -0.05) is 72.3 Å². The molecule has 204 valence electrons. The van der Waals surface area contributed by atoms with Gasteiger partial charge in [-0.15, -0.1) is 0 Å². The maximum atomic E-state index is 13.8. The number of nitrogens with one attached hydrogen (secondary N) is 1. The third-order valence-corrected chi connectivity index (χ3v) is 6.85. The minimum Gasteiger partial charge on any atom is -0.508 e. The molecule has 9 nitrogen and oxygen atoms in total. The van der Waals surface area contributed by atoms with Crippen LogP contribution in [0.2, 0.25) is 0 Å². The number of hydrogen-bond acceptors (Lipinski definition) is 5. The maximum Gasteiger partial charge on any atom is 0.333 e. The molecule has 9 heteroatoms. The quantitative estimate of drug-likeness (QED) is 0.468. The van der Waals surface area contributed by atoms with Gasteiger partial charge >= 0.3 is 6.03 Å². The second kappa shape index (κ2) is 12.4.